The predicted octanol–water partition coefficient (Wildman–Crippen LogP) is -4.43. The van der Waals surface area contributed by atoms with Crippen LogP contribution in [0, 0.1) is 0 Å². The molecule has 4 heterocycles. The summed E-state index contributed by atoms with van der Waals surface area (Å²) in [5.74, 6) is -2.00. The third-order valence-electron chi connectivity index (χ3n) is 11.3. The number of benzene rings is 2. The van der Waals surface area contributed by atoms with Crippen LogP contribution in [0.4, 0.5) is 0 Å². The molecule has 0 bridgehead atoms. The van der Waals surface area contributed by atoms with Gasteiger partial charge < -0.3 is 114 Å². The summed E-state index contributed by atoms with van der Waals surface area (Å²) in [5, 5.41) is 136. The second-order valence-corrected chi connectivity index (χ2v) is 15.8. The van der Waals surface area contributed by atoms with Crippen molar-refractivity contribution in [3.8, 4) is 23.0 Å². The third-order valence-corrected chi connectivity index (χ3v) is 11.3. The van der Waals surface area contributed by atoms with Gasteiger partial charge in [0.05, 0.1) is 39.6 Å². The number of hydrogen-bond donors (Lipinski definition) is 13. The van der Waals surface area contributed by atoms with Crippen LogP contribution in [0.3, 0.4) is 0 Å². The molecule has 2 aromatic carbocycles. The summed E-state index contributed by atoms with van der Waals surface area (Å²) in [6.45, 7) is -0.932. The molecule has 24 heteroatoms. The van der Waals surface area contributed by atoms with E-state index in [1.807, 2.05) is 0 Å². The smallest absolute Gasteiger partial charge is 0.331 e. The Kier molecular flexibility index (Phi) is 17.3. The van der Waals surface area contributed by atoms with E-state index in [0.717, 1.165) is 6.08 Å². The molecule has 0 aliphatic carbocycles. The normalized spacial score (nSPS) is 39.0. The number of esters is 1. The van der Waals surface area contributed by atoms with E-state index in [-0.39, 0.29) is 30.3 Å². The van der Waals surface area contributed by atoms with E-state index in [1.165, 1.54) is 56.5 Å². The van der Waals surface area contributed by atoms with Crippen LogP contribution < -0.4 is 4.74 Å². The van der Waals surface area contributed by atoms with Crippen molar-refractivity contribution in [3.05, 3.63) is 53.6 Å². The Bertz CT molecular complexity index is 1880. The minimum atomic E-state index is -1.95. The molecular formula is C41H56O24. The van der Waals surface area contributed by atoms with Crippen molar-refractivity contribution in [1.29, 1.82) is 0 Å². The molecule has 4 aliphatic heterocycles. The Morgan fingerprint density at radius 2 is 1.37 bits per heavy atom. The molecule has 0 radical (unpaired) electrons. The summed E-state index contributed by atoms with van der Waals surface area (Å²) < 4.78 is 57.6. The van der Waals surface area contributed by atoms with Crippen LogP contribution in [0.2, 0.25) is 0 Å². The molecule has 0 amide bonds. The maximum atomic E-state index is 13.7. The molecule has 4 fully saturated rings. The number of phenolic OH excluding ortho intramolecular Hbond substituents is 3. The van der Waals surface area contributed by atoms with Gasteiger partial charge in [0, 0.05) is 6.08 Å². The number of hydrogen-bond acceptors (Lipinski definition) is 24. The number of aliphatic hydroxyl groups excluding tert-OH is 10. The van der Waals surface area contributed by atoms with Crippen LogP contribution in [0.1, 0.15) is 18.1 Å². The first-order chi connectivity index (χ1) is 30.9. The van der Waals surface area contributed by atoms with Gasteiger partial charge >= 0.3 is 5.97 Å². The number of ether oxygens (including phenoxy) is 10. The van der Waals surface area contributed by atoms with E-state index in [9.17, 15) is 71.2 Å². The Hall–Kier alpha value is -3.87. The molecule has 0 spiro atoms. The third kappa shape index (κ3) is 11.8. The number of methoxy groups -OCH3 is 1. The fraction of sp³-hybridized carbons (Fsp3) is 0.634. The second-order valence-electron chi connectivity index (χ2n) is 15.8. The number of phenols is 3. The number of carbonyl (C=O) groups excluding carboxylic acids is 1. The highest BCUT2D eigenvalue weighted by Crippen LogP contribution is 2.35. The fourth-order valence-electron chi connectivity index (χ4n) is 7.49. The monoisotopic (exact) mass is 932 g/mol. The van der Waals surface area contributed by atoms with Crippen LogP contribution in [0.25, 0.3) is 6.08 Å². The molecule has 0 saturated carbocycles. The SMILES string of the molecule is COc1ccc(/C=C\C(=O)O[C@H]2[C@H](O[C@@H]3O[C@@H](C)[C@H](O)[C@@H](O)[C@H]3O[C@@H]3OC[C@H](O)[C@H](O)[C@H]3O)[C@@H](O)[C@H](OCCc3ccc(O)c(O)c3)O[C@@H]2CO[C@@H]2O[C@H](CO)[C@@H](O)[C@H](O)[C@H]2O)cc1O. The fourth-order valence-corrected chi connectivity index (χ4v) is 7.49. The second kappa shape index (κ2) is 22.3. The summed E-state index contributed by atoms with van der Waals surface area (Å²) in [4.78, 5) is 13.7. The number of aliphatic hydroxyl groups is 10. The van der Waals surface area contributed by atoms with Crippen molar-refractivity contribution in [1.82, 2.24) is 0 Å². The molecule has 0 aromatic heterocycles. The average Bonchev–Trinajstić information content (AvgIpc) is 3.28. The van der Waals surface area contributed by atoms with Crippen molar-refractivity contribution >= 4 is 12.0 Å². The minimum absolute atomic E-state index is 0.0651. The molecule has 19 atom stereocenters. The Morgan fingerprint density at radius 1 is 0.677 bits per heavy atom. The van der Waals surface area contributed by atoms with Crippen molar-refractivity contribution in [3.63, 3.8) is 0 Å². The number of aromatic hydroxyl groups is 3. The van der Waals surface area contributed by atoms with Crippen molar-refractivity contribution in [2.24, 2.45) is 0 Å². The van der Waals surface area contributed by atoms with E-state index in [2.05, 4.69) is 0 Å². The topological polar surface area (TPSA) is 372 Å². The largest absolute Gasteiger partial charge is 0.504 e. The molecule has 0 unspecified atom stereocenters. The quantitative estimate of drug-likeness (QED) is 0.0429. The summed E-state index contributed by atoms with van der Waals surface area (Å²) in [6, 6.07) is 8.23. The zero-order valence-corrected chi connectivity index (χ0v) is 34.9. The van der Waals surface area contributed by atoms with Gasteiger partial charge in [-0.25, -0.2) is 4.79 Å². The van der Waals surface area contributed by atoms with E-state index in [0.29, 0.717) is 11.1 Å². The predicted molar refractivity (Wildman–Crippen MR) is 211 cm³/mol. The van der Waals surface area contributed by atoms with Gasteiger partial charge in [-0.3, -0.25) is 0 Å². The van der Waals surface area contributed by atoms with Gasteiger partial charge in [-0.2, -0.15) is 0 Å². The molecule has 2 aromatic rings. The van der Waals surface area contributed by atoms with Crippen molar-refractivity contribution in [2.45, 2.75) is 130 Å². The highest BCUT2D eigenvalue weighted by molar-refractivity contribution is 5.87. The molecule has 24 nitrogen and oxygen atoms in total. The van der Waals surface area contributed by atoms with E-state index in [4.69, 9.17) is 47.4 Å². The van der Waals surface area contributed by atoms with Gasteiger partial charge in [-0.1, -0.05) is 12.1 Å². The van der Waals surface area contributed by atoms with Crippen LogP contribution in [0.15, 0.2) is 42.5 Å². The van der Waals surface area contributed by atoms with Gasteiger partial charge in [0.25, 0.3) is 0 Å². The average molecular weight is 933 g/mol. The zero-order chi connectivity index (χ0) is 47.3. The molecular weight excluding hydrogens is 876 g/mol. The molecule has 65 heavy (non-hydrogen) atoms. The lowest BCUT2D eigenvalue weighted by Gasteiger charge is -2.48. The first kappa shape index (κ1) is 50.5. The van der Waals surface area contributed by atoms with Gasteiger partial charge in [0.1, 0.15) is 79.4 Å². The standard InChI is InChI=1S/C41H56O24/c1-16-27(48)31(52)37(65-39-32(53)28(49)22(46)14-58-39)41(60-16)64-36-34(55)40(57-10-9-18-3-6-19(43)20(44)11-18)62-25(15-59-38-33(54)30(51)29(50)24(13-42)61-38)35(36)63-26(47)8-5-17-4-7-23(56-2)21(45)12-17/h3-8,11-12,16,22,24-25,27-46,48-55H,9-10,13-15H2,1-2H3/b8-5-/t16-,22-,24+,25+,27-,28-,29+,30-,31+,32+,33+,34+,35+,36+,37+,38+,39-,40+,41-/m0/s1. The Labute approximate surface area is 370 Å². The lowest BCUT2D eigenvalue weighted by atomic mass is 9.96. The maximum absolute atomic E-state index is 13.7. The maximum Gasteiger partial charge on any atom is 0.331 e. The van der Waals surface area contributed by atoms with Crippen molar-refractivity contribution < 1.29 is 119 Å². The van der Waals surface area contributed by atoms with Gasteiger partial charge in [0.2, 0.25) is 0 Å². The first-order valence-electron chi connectivity index (χ1n) is 20.5. The molecule has 364 valence electrons. The van der Waals surface area contributed by atoms with E-state index >= 15 is 0 Å². The lowest BCUT2D eigenvalue weighted by Crippen LogP contribution is -2.66. The van der Waals surface area contributed by atoms with Gasteiger partial charge in [-0.15, -0.1) is 0 Å². The molecule has 4 aliphatic rings. The first-order valence-corrected chi connectivity index (χ1v) is 20.5. The highest BCUT2D eigenvalue weighted by Gasteiger charge is 2.55. The van der Waals surface area contributed by atoms with Crippen LogP contribution in [0.5, 0.6) is 23.0 Å². The van der Waals surface area contributed by atoms with Crippen LogP contribution in [-0.2, 0) is 53.8 Å². The number of rotatable bonds is 16. The molecule has 6 rings (SSSR count). The van der Waals surface area contributed by atoms with Gasteiger partial charge in [-0.05, 0) is 54.8 Å². The summed E-state index contributed by atoms with van der Waals surface area (Å²) in [5.41, 5.74) is 0.791. The Balaban J connectivity index is 1.33. The molecule has 13 N–H and O–H groups in total. The summed E-state index contributed by atoms with van der Waals surface area (Å²) in [7, 11) is 1.34. The summed E-state index contributed by atoms with van der Waals surface area (Å²) >= 11 is 0. The van der Waals surface area contributed by atoms with E-state index < -0.39 is 148 Å². The Morgan fingerprint density at radius 3 is 2.06 bits per heavy atom. The van der Waals surface area contributed by atoms with Crippen LogP contribution >= 0.6 is 0 Å². The highest BCUT2D eigenvalue weighted by atomic mass is 16.8. The summed E-state index contributed by atoms with van der Waals surface area (Å²) in [6.07, 6.45) is -30.5. The van der Waals surface area contributed by atoms with Crippen molar-refractivity contribution in [2.75, 3.05) is 33.5 Å². The number of carbonyl (C=O) groups is 1. The van der Waals surface area contributed by atoms with Crippen LogP contribution in [-0.4, -0.2) is 223 Å². The zero-order valence-electron chi connectivity index (χ0n) is 34.9. The van der Waals surface area contributed by atoms with Gasteiger partial charge in [0.15, 0.2) is 54.3 Å². The van der Waals surface area contributed by atoms with E-state index in [1.54, 1.807) is 0 Å². The minimum Gasteiger partial charge on any atom is -0.504 e. The molecule has 4 saturated heterocycles. The lowest BCUT2D eigenvalue weighted by molar-refractivity contribution is -0.383.